The normalized spacial score (nSPS) is 48.6. The molecule has 0 saturated heterocycles. The van der Waals surface area contributed by atoms with Crippen molar-refractivity contribution in [2.45, 2.75) is 239 Å². The van der Waals surface area contributed by atoms with Gasteiger partial charge in [0.2, 0.25) is 0 Å². The van der Waals surface area contributed by atoms with Crippen LogP contribution in [0.3, 0.4) is 0 Å². The molecule has 11 atom stereocenters. The molecule has 0 N–H and O–H groups in total. The average Bonchev–Trinajstić information content (AvgIpc) is 3.13. The van der Waals surface area contributed by atoms with E-state index in [2.05, 4.69) is 48.6 Å². The first kappa shape index (κ1) is 36.8. The maximum Gasteiger partial charge on any atom is 0.0160 e. The fourth-order valence-corrected chi connectivity index (χ4v) is 16.6. The Kier molecular flexibility index (Phi) is 12.9. The minimum absolute atomic E-state index is 0.760. The minimum Gasteiger partial charge on any atom is -0.294 e. The van der Waals surface area contributed by atoms with Crippen LogP contribution in [0, 0.1) is 41.4 Å². The Morgan fingerprint density at radius 2 is 0.796 bits per heavy atom. The molecule has 2 nitrogen and oxygen atoms in total. The molecule has 8 rings (SSSR count). The van der Waals surface area contributed by atoms with E-state index in [0.717, 1.165) is 87.3 Å². The fraction of sp³-hybridized carbons (Fsp3) is 1.00. The SMILES string of the molecule is CC1CCCC2C(N(C3CCC(C4CCC(N(C5CCCC(Br)C5)C5CCCC6CCCCC65)CC4)CC3)C3CCC[C@@H](Br)C3)CCC[C@H]12. The number of fused-ring (bicyclic) bond motifs is 2. The largest absolute Gasteiger partial charge is 0.294 e. The van der Waals surface area contributed by atoms with Crippen LogP contribution in [0.15, 0.2) is 0 Å². The van der Waals surface area contributed by atoms with E-state index in [1.165, 1.54) is 141 Å². The molecule has 0 heterocycles. The van der Waals surface area contributed by atoms with Gasteiger partial charge in [0.25, 0.3) is 0 Å². The van der Waals surface area contributed by atoms with Gasteiger partial charge in [-0.05, 0) is 163 Å². The molecule has 0 aliphatic heterocycles. The number of rotatable bonds is 7. The summed E-state index contributed by atoms with van der Waals surface area (Å²) in [6, 6.07) is 5.29. The van der Waals surface area contributed by atoms with E-state index >= 15 is 0 Å². The van der Waals surface area contributed by atoms with Crippen molar-refractivity contribution >= 4 is 31.9 Å². The summed E-state index contributed by atoms with van der Waals surface area (Å²) in [6.45, 7) is 2.62. The van der Waals surface area contributed by atoms with Gasteiger partial charge in [0.05, 0.1) is 0 Å². The van der Waals surface area contributed by atoms with Gasteiger partial charge < -0.3 is 0 Å². The second-order valence-corrected chi connectivity index (χ2v) is 22.4. The van der Waals surface area contributed by atoms with E-state index in [0.29, 0.717) is 0 Å². The summed E-state index contributed by atoms with van der Waals surface area (Å²) in [4.78, 5) is 8.12. The van der Waals surface area contributed by atoms with Gasteiger partial charge in [-0.25, -0.2) is 0 Å². The van der Waals surface area contributed by atoms with Crippen LogP contribution in [0.1, 0.15) is 193 Å². The lowest BCUT2D eigenvalue weighted by atomic mass is 9.63. The molecule has 8 fully saturated rings. The highest BCUT2D eigenvalue weighted by Gasteiger charge is 2.47. The first-order valence-corrected chi connectivity index (χ1v) is 24.7. The Labute approximate surface area is 320 Å². The zero-order chi connectivity index (χ0) is 33.3. The fourth-order valence-electron chi connectivity index (χ4n) is 15.1. The summed E-state index contributed by atoms with van der Waals surface area (Å²) in [5, 5.41) is 0. The molecule has 0 bridgehead atoms. The lowest BCUT2D eigenvalue weighted by molar-refractivity contribution is -0.0523. The van der Waals surface area contributed by atoms with Gasteiger partial charge in [-0.2, -0.15) is 0 Å². The molecule has 0 aromatic rings. The summed E-state index contributed by atoms with van der Waals surface area (Å²) >= 11 is 8.27. The van der Waals surface area contributed by atoms with Crippen molar-refractivity contribution in [1.29, 1.82) is 0 Å². The third kappa shape index (κ3) is 8.28. The summed E-state index contributed by atoms with van der Waals surface area (Å²) in [7, 11) is 0. The maximum absolute atomic E-state index is 4.14. The molecule has 8 aliphatic rings. The number of alkyl halides is 2. The van der Waals surface area contributed by atoms with Crippen molar-refractivity contribution in [1.82, 2.24) is 9.80 Å². The summed E-state index contributed by atoms with van der Waals surface area (Å²) in [5.41, 5.74) is 0. The summed E-state index contributed by atoms with van der Waals surface area (Å²) in [6.07, 6.45) is 43.6. The Hall–Kier alpha value is 0.880. The third-order valence-corrected chi connectivity index (χ3v) is 19.0. The van der Waals surface area contributed by atoms with Crippen molar-refractivity contribution in [3.63, 3.8) is 0 Å². The van der Waals surface area contributed by atoms with Gasteiger partial charge in [0.1, 0.15) is 0 Å². The quantitative estimate of drug-likeness (QED) is 0.237. The van der Waals surface area contributed by atoms with Crippen molar-refractivity contribution in [3.8, 4) is 0 Å². The highest BCUT2D eigenvalue weighted by Crippen LogP contribution is 2.51. The van der Waals surface area contributed by atoms with Gasteiger partial charge in [-0.3, -0.25) is 9.80 Å². The maximum atomic E-state index is 4.14. The van der Waals surface area contributed by atoms with Crippen LogP contribution in [0.25, 0.3) is 0 Å². The summed E-state index contributed by atoms with van der Waals surface area (Å²) < 4.78 is 0. The van der Waals surface area contributed by atoms with Crippen LogP contribution in [0.4, 0.5) is 0 Å². The molecule has 0 spiro atoms. The van der Waals surface area contributed by atoms with Gasteiger partial charge >= 0.3 is 0 Å². The molecule has 0 amide bonds. The lowest BCUT2D eigenvalue weighted by Gasteiger charge is -2.55. The number of hydrogen-bond acceptors (Lipinski definition) is 2. The van der Waals surface area contributed by atoms with Crippen LogP contribution in [-0.2, 0) is 0 Å². The minimum atomic E-state index is 0.760. The molecule has 0 radical (unpaired) electrons. The topological polar surface area (TPSA) is 6.48 Å². The van der Waals surface area contributed by atoms with Gasteiger partial charge in [-0.15, -0.1) is 0 Å². The monoisotopic (exact) mass is 802 g/mol. The van der Waals surface area contributed by atoms with Gasteiger partial charge in [-0.1, -0.05) is 103 Å². The van der Waals surface area contributed by atoms with E-state index < -0.39 is 0 Å². The molecule has 280 valence electrons. The first-order chi connectivity index (χ1) is 24.0. The number of nitrogens with zero attached hydrogens (tertiary/aromatic N) is 2. The molecule has 0 aromatic carbocycles. The van der Waals surface area contributed by atoms with E-state index in [9.17, 15) is 0 Å². The number of halogens is 2. The molecule has 8 saturated carbocycles. The van der Waals surface area contributed by atoms with Gasteiger partial charge in [0.15, 0.2) is 0 Å². The summed E-state index contributed by atoms with van der Waals surface area (Å²) in [5.74, 6) is 7.12. The second-order valence-electron chi connectivity index (χ2n) is 19.8. The standard InChI is InChI=1S/C45H76Br2N2/c1-31-9-4-18-43-41(31)17-8-20-45(43)49(40-15-7-13-36(47)30-40)38-27-23-33(24-28-38)32-21-25-37(26-22-32)48(39-14-6-12-35(46)29-39)44-19-5-11-34-10-2-3-16-42(34)44/h31-45H,2-30H2,1H3/t31?,32?,33?,34?,35?,36-,37?,38?,39?,40?,41-,42?,43?,44?,45?/m1/s1. The lowest BCUT2D eigenvalue weighted by Crippen LogP contribution is -2.58. The van der Waals surface area contributed by atoms with Crippen molar-refractivity contribution in [2.24, 2.45) is 41.4 Å². The molecule has 4 heteroatoms. The third-order valence-electron chi connectivity index (χ3n) is 17.3. The molecule has 9 unspecified atom stereocenters. The van der Waals surface area contributed by atoms with Crippen LogP contribution in [0.5, 0.6) is 0 Å². The Morgan fingerprint density at radius 1 is 0.347 bits per heavy atom. The van der Waals surface area contributed by atoms with Gasteiger partial charge in [0, 0.05) is 45.9 Å². The molecule has 8 aliphatic carbocycles. The molecule has 0 aromatic heterocycles. The van der Waals surface area contributed by atoms with Crippen LogP contribution >= 0.6 is 31.9 Å². The highest BCUT2D eigenvalue weighted by atomic mass is 79.9. The number of hydrogen-bond donors (Lipinski definition) is 0. The van der Waals surface area contributed by atoms with Crippen molar-refractivity contribution in [3.05, 3.63) is 0 Å². The van der Waals surface area contributed by atoms with E-state index in [4.69, 9.17) is 0 Å². The van der Waals surface area contributed by atoms with Crippen LogP contribution < -0.4 is 0 Å². The molecule has 49 heavy (non-hydrogen) atoms. The van der Waals surface area contributed by atoms with Crippen LogP contribution in [-0.4, -0.2) is 55.7 Å². The van der Waals surface area contributed by atoms with E-state index in [1.807, 2.05) is 0 Å². The Balaban J connectivity index is 0.916. The predicted octanol–water partition coefficient (Wildman–Crippen LogP) is 13.1. The second kappa shape index (κ2) is 17.1. The van der Waals surface area contributed by atoms with Crippen LogP contribution in [0.2, 0.25) is 0 Å². The zero-order valence-electron chi connectivity index (χ0n) is 31.8. The van der Waals surface area contributed by atoms with Crippen molar-refractivity contribution < 1.29 is 0 Å². The van der Waals surface area contributed by atoms with E-state index in [-0.39, 0.29) is 0 Å². The zero-order valence-corrected chi connectivity index (χ0v) is 35.0. The Morgan fingerprint density at radius 3 is 1.39 bits per heavy atom. The average molecular weight is 805 g/mol. The molecular weight excluding hydrogens is 728 g/mol. The predicted molar refractivity (Wildman–Crippen MR) is 216 cm³/mol. The Bertz CT molecular complexity index is 1020. The molecular formula is C45H76Br2N2. The smallest absolute Gasteiger partial charge is 0.0160 e. The first-order valence-electron chi connectivity index (χ1n) is 22.9. The highest BCUT2D eigenvalue weighted by molar-refractivity contribution is 9.09. The van der Waals surface area contributed by atoms with E-state index in [1.54, 1.807) is 44.9 Å². The van der Waals surface area contributed by atoms with Crippen molar-refractivity contribution in [2.75, 3.05) is 0 Å².